The molecule has 2 aromatic heterocycles. The molecule has 0 N–H and O–H groups in total. The van der Waals surface area contributed by atoms with Gasteiger partial charge in [-0.25, -0.2) is 4.85 Å². The molecule has 0 aliphatic heterocycles. The van der Waals surface area contributed by atoms with Gasteiger partial charge in [-0.1, -0.05) is 115 Å². The molecular formula is C40H22N4. The quantitative estimate of drug-likeness (QED) is 0.188. The standard InChI is InChI=1S/C40H22N4/c1-41-33-23-24-36(43-34-17-9-7-15-29(34)31-21-19-25-11-3-5-13-27(25)38(31)43)40(37(33)42-2)44-35-18-10-8-16-30(35)32-22-20-26-12-4-6-14-28(26)39(32)44/h3-24H. The lowest BCUT2D eigenvalue weighted by Crippen LogP contribution is -2.04. The lowest BCUT2D eigenvalue weighted by Gasteiger charge is -2.20. The van der Waals surface area contributed by atoms with Crippen molar-refractivity contribution in [2.45, 2.75) is 0 Å². The van der Waals surface area contributed by atoms with Crippen LogP contribution in [0.5, 0.6) is 0 Å². The zero-order chi connectivity index (χ0) is 29.4. The summed E-state index contributed by atoms with van der Waals surface area (Å²) < 4.78 is 4.53. The van der Waals surface area contributed by atoms with E-state index < -0.39 is 0 Å². The summed E-state index contributed by atoms with van der Waals surface area (Å²) in [6.07, 6.45) is 0. The van der Waals surface area contributed by atoms with Gasteiger partial charge in [0.25, 0.3) is 0 Å². The molecule has 0 fully saturated rings. The van der Waals surface area contributed by atoms with E-state index in [9.17, 15) is 0 Å². The molecule has 0 aliphatic carbocycles. The third-order valence-corrected chi connectivity index (χ3v) is 8.92. The molecule has 9 rings (SSSR count). The predicted octanol–water partition coefficient (Wildman–Crippen LogP) is 11.3. The summed E-state index contributed by atoms with van der Waals surface area (Å²) in [5.41, 5.74) is 6.43. The molecule has 2 heterocycles. The maximum atomic E-state index is 8.45. The van der Waals surface area contributed by atoms with Crippen molar-refractivity contribution in [3.63, 3.8) is 0 Å². The Morgan fingerprint density at radius 2 is 0.909 bits per heavy atom. The Kier molecular flexibility index (Phi) is 5.00. The van der Waals surface area contributed by atoms with Gasteiger partial charge in [-0.15, -0.1) is 0 Å². The van der Waals surface area contributed by atoms with Crippen LogP contribution in [0.25, 0.3) is 86.2 Å². The average Bonchev–Trinajstić information content (AvgIpc) is 3.61. The Hall–Kier alpha value is -6.36. The molecule has 0 saturated heterocycles. The van der Waals surface area contributed by atoms with Crippen molar-refractivity contribution in [3.8, 4) is 11.4 Å². The first-order chi connectivity index (χ1) is 21.8. The first-order valence-corrected chi connectivity index (χ1v) is 14.5. The maximum absolute atomic E-state index is 8.45. The largest absolute Gasteiger partial charge is 0.318 e. The number of rotatable bonds is 2. The number of fused-ring (bicyclic) bond motifs is 10. The van der Waals surface area contributed by atoms with E-state index in [0.717, 1.165) is 70.8 Å². The highest BCUT2D eigenvalue weighted by molar-refractivity contribution is 6.21. The van der Waals surface area contributed by atoms with Crippen LogP contribution >= 0.6 is 0 Å². The van der Waals surface area contributed by atoms with Crippen LogP contribution in [0.15, 0.2) is 133 Å². The normalized spacial score (nSPS) is 11.6. The van der Waals surface area contributed by atoms with Crippen molar-refractivity contribution in [1.29, 1.82) is 0 Å². The van der Waals surface area contributed by atoms with E-state index in [-0.39, 0.29) is 0 Å². The number of aromatic nitrogens is 2. The first kappa shape index (κ1) is 24.3. The van der Waals surface area contributed by atoms with Crippen LogP contribution in [-0.2, 0) is 0 Å². The van der Waals surface area contributed by atoms with Gasteiger partial charge in [0.2, 0.25) is 5.69 Å². The molecule has 0 spiro atoms. The minimum absolute atomic E-state index is 0.343. The van der Waals surface area contributed by atoms with Crippen LogP contribution in [-0.4, -0.2) is 9.13 Å². The van der Waals surface area contributed by atoms with E-state index in [2.05, 4.69) is 134 Å². The van der Waals surface area contributed by atoms with Crippen molar-refractivity contribution in [1.82, 2.24) is 9.13 Å². The molecule has 0 radical (unpaired) electrons. The Labute approximate surface area is 252 Å². The van der Waals surface area contributed by atoms with E-state index in [1.54, 1.807) is 6.07 Å². The Balaban J connectivity index is 1.57. The highest BCUT2D eigenvalue weighted by Crippen LogP contribution is 2.47. The second-order valence-electron chi connectivity index (χ2n) is 11.1. The van der Waals surface area contributed by atoms with Gasteiger partial charge in [0.1, 0.15) is 0 Å². The van der Waals surface area contributed by atoms with Gasteiger partial charge >= 0.3 is 0 Å². The Bertz CT molecular complexity index is 2740. The second kappa shape index (κ2) is 9.07. The van der Waals surface area contributed by atoms with Gasteiger partial charge in [0, 0.05) is 32.3 Å². The maximum Gasteiger partial charge on any atom is 0.220 e. The Morgan fingerprint density at radius 1 is 0.409 bits per heavy atom. The summed E-state index contributed by atoms with van der Waals surface area (Å²) in [6, 6.07) is 46.2. The van der Waals surface area contributed by atoms with Gasteiger partial charge in [-0.05, 0) is 29.0 Å². The fourth-order valence-corrected chi connectivity index (χ4v) is 7.10. The predicted molar refractivity (Wildman–Crippen MR) is 183 cm³/mol. The highest BCUT2D eigenvalue weighted by atomic mass is 15.1. The van der Waals surface area contributed by atoms with Gasteiger partial charge in [-0.2, -0.15) is 0 Å². The van der Waals surface area contributed by atoms with E-state index in [1.807, 2.05) is 12.1 Å². The molecule has 4 nitrogen and oxygen atoms in total. The van der Waals surface area contributed by atoms with E-state index in [4.69, 9.17) is 13.1 Å². The van der Waals surface area contributed by atoms with Gasteiger partial charge in [-0.3, -0.25) is 4.85 Å². The number of hydrogen-bond donors (Lipinski definition) is 0. The first-order valence-electron chi connectivity index (χ1n) is 14.5. The molecule has 0 saturated carbocycles. The van der Waals surface area contributed by atoms with Gasteiger partial charge in [0.05, 0.1) is 46.6 Å². The Morgan fingerprint density at radius 3 is 1.48 bits per heavy atom. The molecule has 0 atom stereocenters. The third-order valence-electron chi connectivity index (χ3n) is 8.92. The molecular weight excluding hydrogens is 536 g/mol. The zero-order valence-corrected chi connectivity index (χ0v) is 23.5. The summed E-state index contributed by atoms with van der Waals surface area (Å²) in [6.45, 7) is 16.5. The summed E-state index contributed by atoms with van der Waals surface area (Å²) in [5.74, 6) is 0. The van der Waals surface area contributed by atoms with Crippen LogP contribution in [0.2, 0.25) is 0 Å². The summed E-state index contributed by atoms with van der Waals surface area (Å²) in [5, 5.41) is 9.03. The van der Waals surface area contributed by atoms with Crippen LogP contribution < -0.4 is 0 Å². The van der Waals surface area contributed by atoms with Crippen molar-refractivity contribution in [2.24, 2.45) is 0 Å². The monoisotopic (exact) mass is 558 g/mol. The van der Waals surface area contributed by atoms with Crippen LogP contribution in [0.1, 0.15) is 0 Å². The molecule has 44 heavy (non-hydrogen) atoms. The highest BCUT2D eigenvalue weighted by Gasteiger charge is 2.25. The summed E-state index contributed by atoms with van der Waals surface area (Å²) in [4.78, 5) is 7.93. The molecule has 202 valence electrons. The molecule has 9 aromatic rings. The molecule has 0 bridgehead atoms. The molecule has 0 amide bonds. The number of nitrogens with zero attached hydrogens (tertiary/aromatic N) is 4. The van der Waals surface area contributed by atoms with E-state index in [0.29, 0.717) is 17.1 Å². The number of para-hydroxylation sites is 2. The van der Waals surface area contributed by atoms with Crippen molar-refractivity contribution >= 4 is 76.5 Å². The van der Waals surface area contributed by atoms with Crippen LogP contribution in [0, 0.1) is 13.1 Å². The molecule has 0 aliphatic rings. The summed E-state index contributed by atoms with van der Waals surface area (Å²) in [7, 11) is 0. The van der Waals surface area contributed by atoms with Gasteiger partial charge in [0.15, 0.2) is 5.69 Å². The lowest BCUT2D eigenvalue weighted by atomic mass is 10.1. The number of benzene rings is 7. The van der Waals surface area contributed by atoms with Crippen molar-refractivity contribution in [2.75, 3.05) is 0 Å². The lowest BCUT2D eigenvalue weighted by molar-refractivity contribution is 1.11. The summed E-state index contributed by atoms with van der Waals surface area (Å²) >= 11 is 0. The molecule has 0 unspecified atom stereocenters. The van der Waals surface area contributed by atoms with E-state index >= 15 is 0 Å². The van der Waals surface area contributed by atoms with Gasteiger partial charge < -0.3 is 9.13 Å². The minimum atomic E-state index is 0.343. The molecule has 4 heteroatoms. The van der Waals surface area contributed by atoms with Crippen LogP contribution in [0.3, 0.4) is 0 Å². The van der Waals surface area contributed by atoms with Crippen LogP contribution in [0.4, 0.5) is 11.4 Å². The third kappa shape index (κ3) is 3.14. The SMILES string of the molecule is [C-]#[N+]c1ccc(-n2c3ccccc3c3ccc4ccccc4c32)c(-n2c3ccccc3c3ccc4ccccc4c32)c1[N+]#[C-]. The minimum Gasteiger partial charge on any atom is -0.318 e. The fourth-order valence-electron chi connectivity index (χ4n) is 7.10. The second-order valence-corrected chi connectivity index (χ2v) is 11.1. The number of hydrogen-bond acceptors (Lipinski definition) is 0. The van der Waals surface area contributed by atoms with Crippen molar-refractivity contribution in [3.05, 3.63) is 156 Å². The van der Waals surface area contributed by atoms with Crippen molar-refractivity contribution < 1.29 is 0 Å². The fraction of sp³-hybridized carbons (Fsp3) is 0. The zero-order valence-electron chi connectivity index (χ0n) is 23.5. The topological polar surface area (TPSA) is 18.6 Å². The van der Waals surface area contributed by atoms with E-state index in [1.165, 1.54) is 0 Å². The molecule has 7 aromatic carbocycles. The smallest absolute Gasteiger partial charge is 0.220 e. The average molecular weight is 559 g/mol.